The number of hydrogen-bond donors (Lipinski definition) is 2. The molecule has 174 valence electrons. The first-order valence-corrected chi connectivity index (χ1v) is 12.2. The summed E-state index contributed by atoms with van der Waals surface area (Å²) in [7, 11) is -4.44. The molecule has 0 unspecified atom stereocenters. The van der Waals surface area contributed by atoms with E-state index in [2.05, 4.69) is 15.3 Å². The predicted molar refractivity (Wildman–Crippen MR) is 119 cm³/mol. The molecule has 11 nitrogen and oxygen atoms in total. The molecule has 0 aliphatic carbocycles. The van der Waals surface area contributed by atoms with Gasteiger partial charge in [0.25, 0.3) is 10.0 Å². The number of nitrogens with one attached hydrogen (secondary N) is 1. The van der Waals surface area contributed by atoms with Gasteiger partial charge in [-0.25, -0.2) is 28.0 Å². The molecule has 0 spiro atoms. The fourth-order valence-electron chi connectivity index (χ4n) is 2.94. The SMILES string of the molecule is CC(C)(C)OC(=O)N(c1cscn1)S(=O)(=O)c1cnc(N[C@@H]2CCN(C(=O)O)C2)c(Cl)c1. The topological polar surface area (TPSA) is 142 Å². The molecule has 14 heteroatoms. The molecule has 1 saturated heterocycles. The molecular weight excluding hydrogens is 482 g/mol. The van der Waals surface area contributed by atoms with Crippen LogP contribution >= 0.6 is 22.9 Å². The first-order chi connectivity index (χ1) is 14.9. The summed E-state index contributed by atoms with van der Waals surface area (Å²) in [4.78, 5) is 32.7. The molecule has 1 fully saturated rings. The van der Waals surface area contributed by atoms with E-state index in [0.29, 0.717) is 17.3 Å². The number of halogens is 1. The Morgan fingerprint density at radius 2 is 2.09 bits per heavy atom. The first-order valence-electron chi connectivity index (χ1n) is 9.45. The number of nitrogens with zero attached hydrogens (tertiary/aromatic N) is 4. The van der Waals surface area contributed by atoms with Gasteiger partial charge in [-0.3, -0.25) is 0 Å². The van der Waals surface area contributed by atoms with Crippen molar-refractivity contribution in [1.29, 1.82) is 0 Å². The van der Waals surface area contributed by atoms with Gasteiger partial charge in [-0.1, -0.05) is 11.6 Å². The zero-order valence-corrected chi connectivity index (χ0v) is 19.9. The number of anilines is 2. The Hall–Kier alpha value is -2.64. The zero-order chi connectivity index (χ0) is 23.7. The van der Waals surface area contributed by atoms with E-state index in [1.165, 1.54) is 21.9 Å². The van der Waals surface area contributed by atoms with E-state index in [9.17, 15) is 18.0 Å². The molecule has 32 heavy (non-hydrogen) atoms. The summed E-state index contributed by atoms with van der Waals surface area (Å²) in [6.45, 7) is 5.47. The fraction of sp³-hybridized carbons (Fsp3) is 0.444. The number of rotatable bonds is 5. The molecule has 1 aliphatic rings. The lowest BCUT2D eigenvalue weighted by molar-refractivity contribution is 0.0608. The number of carboxylic acid groups (broad SMARTS) is 1. The molecule has 2 N–H and O–H groups in total. The lowest BCUT2D eigenvalue weighted by Gasteiger charge is -2.25. The van der Waals surface area contributed by atoms with Crippen molar-refractivity contribution in [3.8, 4) is 0 Å². The third-order valence-electron chi connectivity index (χ3n) is 4.34. The summed E-state index contributed by atoms with van der Waals surface area (Å²) < 4.78 is 32.3. The average molecular weight is 504 g/mol. The van der Waals surface area contributed by atoms with Gasteiger partial charge in [-0.15, -0.1) is 15.6 Å². The van der Waals surface area contributed by atoms with Crippen molar-refractivity contribution in [1.82, 2.24) is 14.9 Å². The second kappa shape index (κ2) is 9.08. The summed E-state index contributed by atoms with van der Waals surface area (Å²) in [5, 5.41) is 13.5. The van der Waals surface area contributed by atoms with Crippen LogP contribution in [0.4, 0.5) is 21.2 Å². The van der Waals surface area contributed by atoms with Crippen molar-refractivity contribution in [2.75, 3.05) is 22.7 Å². The highest BCUT2D eigenvalue weighted by molar-refractivity contribution is 7.93. The minimum Gasteiger partial charge on any atom is -0.465 e. The van der Waals surface area contributed by atoms with Gasteiger partial charge in [-0.05, 0) is 33.3 Å². The van der Waals surface area contributed by atoms with Gasteiger partial charge in [0.15, 0.2) is 5.82 Å². The Labute approximate surface area is 194 Å². The van der Waals surface area contributed by atoms with Crippen molar-refractivity contribution >= 4 is 56.8 Å². The number of aromatic nitrogens is 2. The van der Waals surface area contributed by atoms with E-state index in [-0.39, 0.29) is 34.1 Å². The van der Waals surface area contributed by atoms with E-state index in [1.54, 1.807) is 20.8 Å². The van der Waals surface area contributed by atoms with Crippen LogP contribution in [0.1, 0.15) is 27.2 Å². The van der Waals surface area contributed by atoms with E-state index >= 15 is 0 Å². The normalized spacial score (nSPS) is 16.6. The first kappa shape index (κ1) is 24.0. The maximum Gasteiger partial charge on any atom is 0.430 e. The van der Waals surface area contributed by atoms with Crippen LogP contribution in [0.15, 0.2) is 28.0 Å². The molecule has 3 rings (SSSR count). The van der Waals surface area contributed by atoms with E-state index in [0.717, 1.165) is 17.5 Å². The minimum absolute atomic E-state index is 0.00210. The summed E-state index contributed by atoms with van der Waals surface area (Å²) in [6, 6.07) is 0.951. The Balaban J connectivity index is 1.87. The van der Waals surface area contributed by atoms with Gasteiger partial charge < -0.3 is 20.1 Å². The number of likely N-dealkylation sites (tertiary alicyclic amines) is 1. The van der Waals surface area contributed by atoms with Crippen LogP contribution in [0, 0.1) is 0 Å². The number of carbonyl (C=O) groups is 2. The highest BCUT2D eigenvalue weighted by atomic mass is 35.5. The van der Waals surface area contributed by atoms with Gasteiger partial charge in [-0.2, -0.15) is 0 Å². The summed E-state index contributed by atoms with van der Waals surface area (Å²) in [6.07, 6.45) is -0.502. The highest BCUT2D eigenvalue weighted by Crippen LogP contribution is 2.30. The van der Waals surface area contributed by atoms with Gasteiger partial charge in [0, 0.05) is 30.7 Å². The Morgan fingerprint density at radius 1 is 1.38 bits per heavy atom. The minimum atomic E-state index is -4.44. The number of hydrogen-bond acceptors (Lipinski definition) is 9. The number of ether oxygens (including phenoxy) is 1. The van der Waals surface area contributed by atoms with Gasteiger partial charge in [0.05, 0.1) is 10.5 Å². The van der Waals surface area contributed by atoms with Crippen LogP contribution in [-0.2, 0) is 14.8 Å². The maximum absolute atomic E-state index is 13.3. The van der Waals surface area contributed by atoms with Crippen LogP contribution in [0.3, 0.4) is 0 Å². The second-order valence-electron chi connectivity index (χ2n) is 7.96. The Bertz CT molecular complexity index is 1100. The molecule has 1 aliphatic heterocycles. The molecule has 2 aromatic rings. The number of sulfonamides is 1. The van der Waals surface area contributed by atoms with Gasteiger partial charge in [0.2, 0.25) is 0 Å². The summed E-state index contributed by atoms with van der Waals surface area (Å²) in [5.41, 5.74) is 0.456. The highest BCUT2D eigenvalue weighted by Gasteiger charge is 2.36. The van der Waals surface area contributed by atoms with Crippen LogP contribution in [0.5, 0.6) is 0 Å². The third-order valence-corrected chi connectivity index (χ3v) is 6.84. The monoisotopic (exact) mass is 503 g/mol. The van der Waals surface area contributed by atoms with Crippen molar-refractivity contribution in [3.63, 3.8) is 0 Å². The van der Waals surface area contributed by atoms with E-state index < -0.39 is 27.8 Å². The molecular formula is C18H22ClN5O6S2. The fourth-order valence-corrected chi connectivity index (χ4v) is 5.06. The van der Waals surface area contributed by atoms with Gasteiger partial charge in [0.1, 0.15) is 16.3 Å². The van der Waals surface area contributed by atoms with Crippen molar-refractivity contribution in [2.24, 2.45) is 0 Å². The lowest BCUT2D eigenvalue weighted by Crippen LogP contribution is -2.41. The van der Waals surface area contributed by atoms with Crippen LogP contribution in [0.2, 0.25) is 5.02 Å². The van der Waals surface area contributed by atoms with E-state index in [1.807, 2.05) is 0 Å². The molecule has 2 aromatic heterocycles. The standard InChI is InChI=1S/C18H22ClN5O6S2/c1-18(2,3)30-17(27)24(14-9-31-10-21-14)32(28,29)12-6-13(19)15(20-7-12)22-11-4-5-23(8-11)16(25)26/h6-7,9-11H,4-5,8H2,1-3H3,(H,20,22)(H,25,26)/t11-/m1/s1. The molecule has 0 saturated carbocycles. The molecule has 0 bridgehead atoms. The zero-order valence-electron chi connectivity index (χ0n) is 17.5. The average Bonchev–Trinajstić information content (AvgIpc) is 3.34. The van der Waals surface area contributed by atoms with Crippen LogP contribution in [0.25, 0.3) is 0 Å². The number of pyridine rings is 1. The van der Waals surface area contributed by atoms with Crippen LogP contribution in [-0.4, -0.2) is 65.3 Å². The van der Waals surface area contributed by atoms with E-state index in [4.69, 9.17) is 21.4 Å². The third kappa shape index (κ3) is 5.40. The molecule has 1 atom stereocenters. The molecule has 3 heterocycles. The van der Waals surface area contributed by atoms with Gasteiger partial charge >= 0.3 is 12.2 Å². The Morgan fingerprint density at radius 3 is 2.62 bits per heavy atom. The second-order valence-corrected chi connectivity index (χ2v) is 10.9. The number of thiazole rings is 1. The van der Waals surface area contributed by atoms with Crippen molar-refractivity contribution in [2.45, 2.75) is 43.7 Å². The van der Waals surface area contributed by atoms with Crippen LogP contribution < -0.4 is 9.62 Å². The quantitative estimate of drug-likeness (QED) is 0.626. The maximum atomic E-state index is 13.3. The predicted octanol–water partition coefficient (Wildman–Crippen LogP) is 3.49. The number of carbonyl (C=O) groups excluding carboxylic acids is 1. The number of amides is 2. The molecule has 0 aromatic carbocycles. The molecule has 2 amide bonds. The van der Waals surface area contributed by atoms with Crippen molar-refractivity contribution in [3.05, 3.63) is 28.2 Å². The summed E-state index contributed by atoms with van der Waals surface area (Å²) >= 11 is 7.38. The smallest absolute Gasteiger partial charge is 0.430 e. The largest absolute Gasteiger partial charge is 0.465 e. The summed E-state index contributed by atoms with van der Waals surface area (Å²) in [5.74, 6) is 0.0997. The Kier molecular flexibility index (Phi) is 6.81. The molecule has 0 radical (unpaired) electrons. The van der Waals surface area contributed by atoms with Crippen molar-refractivity contribution < 1.29 is 27.9 Å². The lowest BCUT2D eigenvalue weighted by atomic mass is 10.2.